The Hall–Kier alpha value is -4.46. The molecule has 48 heavy (non-hydrogen) atoms. The van der Waals surface area contributed by atoms with Crippen LogP contribution in [0.1, 0.15) is 12.0 Å². The van der Waals surface area contributed by atoms with Gasteiger partial charge in [-0.05, 0) is 36.8 Å². The number of methoxy groups -OCH3 is 1. The number of aliphatic hydroxyl groups is 2. The monoisotopic (exact) mass is 662 g/mol. The van der Waals surface area contributed by atoms with Crippen LogP contribution in [-0.2, 0) is 9.53 Å². The van der Waals surface area contributed by atoms with Gasteiger partial charge in [0, 0.05) is 63.1 Å². The van der Waals surface area contributed by atoms with E-state index in [0.29, 0.717) is 29.9 Å². The number of nitriles is 1. The number of aromatic nitrogens is 3. The quantitative estimate of drug-likeness (QED) is 0.238. The molecule has 1 aromatic heterocycles. The van der Waals surface area contributed by atoms with E-state index in [9.17, 15) is 20.3 Å². The number of hydrogen-bond acceptors (Lipinski definition) is 14. The number of nitrogens with zero attached hydrogens (tertiary/aromatic N) is 7. The Morgan fingerprint density at radius 2 is 1.96 bits per heavy atom. The number of hydrogen-bond donors (Lipinski definition) is 3. The number of nitrogens with one attached hydrogen (secondary N) is 1. The Kier molecular flexibility index (Phi) is 10.3. The van der Waals surface area contributed by atoms with Crippen LogP contribution in [0.2, 0.25) is 0 Å². The smallest absolute Gasteiger partial charge is 0.230 e. The molecule has 3 aromatic rings. The molecule has 0 spiro atoms. The summed E-state index contributed by atoms with van der Waals surface area (Å²) >= 11 is 0. The first kappa shape index (κ1) is 33.4. The Morgan fingerprint density at radius 1 is 1.15 bits per heavy atom. The van der Waals surface area contributed by atoms with Crippen molar-refractivity contribution in [2.24, 2.45) is 0 Å². The average Bonchev–Trinajstić information content (AvgIpc) is 3.09. The van der Waals surface area contributed by atoms with E-state index < -0.39 is 24.5 Å². The molecule has 2 aromatic carbocycles. The number of aldehydes is 1. The third-order valence-corrected chi connectivity index (χ3v) is 8.99. The second-order valence-corrected chi connectivity index (χ2v) is 12.3. The van der Waals surface area contributed by atoms with Crippen LogP contribution in [0.4, 0.5) is 21.7 Å². The number of carbonyl (C=O) groups is 1. The first-order valence-corrected chi connectivity index (χ1v) is 15.9. The lowest BCUT2D eigenvalue weighted by Crippen LogP contribution is -2.56. The molecule has 0 amide bonds. The number of piperazine rings is 1. The number of rotatable bonds is 12. The fourth-order valence-corrected chi connectivity index (χ4v) is 6.16. The van der Waals surface area contributed by atoms with Crippen LogP contribution in [0.25, 0.3) is 11.4 Å². The van der Waals surface area contributed by atoms with E-state index in [1.54, 1.807) is 30.2 Å². The normalized spacial score (nSPS) is 21.9. The Labute approximate surface area is 277 Å². The fourth-order valence-electron chi connectivity index (χ4n) is 6.16. The standard InChI is InChI=1S/C33H39FN8O6/c1-46-30-13-24(3-4-27(30)42-10-8-41(9-11-42)25-16-47-17-25)38-32-37-21-36-31(39-32)22-2-5-28(23(12-22)14-35)48-29-6-7-40(15-26(29)34)18-33(45,19-43)20-44/h2-5,12-13,19,21,25-26,29,44-45H,6-11,15-18,20H2,1H3,(H,36,37,38,39)/t26-,29+,33-/m1/s1. The van der Waals surface area contributed by atoms with E-state index in [4.69, 9.17) is 14.2 Å². The van der Waals surface area contributed by atoms with Gasteiger partial charge in [0.2, 0.25) is 5.95 Å². The van der Waals surface area contributed by atoms with Crippen LogP contribution in [0.5, 0.6) is 11.5 Å². The number of β-amino-alcohol motifs (C(OH)–C–C–N with tert-alkyl or cyclic N) is 1. The fraction of sp³-hybridized carbons (Fsp3) is 0.485. The zero-order valence-corrected chi connectivity index (χ0v) is 26.7. The molecule has 0 unspecified atom stereocenters. The van der Waals surface area contributed by atoms with Crippen molar-refractivity contribution < 1.29 is 33.6 Å². The second kappa shape index (κ2) is 14.8. The summed E-state index contributed by atoms with van der Waals surface area (Å²) in [7, 11) is 1.65. The summed E-state index contributed by atoms with van der Waals surface area (Å²) in [5.41, 5.74) is 0.550. The molecule has 3 aliphatic heterocycles. The lowest BCUT2D eigenvalue weighted by molar-refractivity contribution is -0.132. The molecule has 0 radical (unpaired) electrons. The zero-order chi connectivity index (χ0) is 33.7. The molecule has 0 saturated carbocycles. The van der Waals surface area contributed by atoms with Crippen LogP contribution in [0.3, 0.4) is 0 Å². The molecule has 14 nitrogen and oxygen atoms in total. The number of aliphatic hydroxyl groups excluding tert-OH is 1. The minimum atomic E-state index is -1.94. The van der Waals surface area contributed by atoms with Gasteiger partial charge in [-0.1, -0.05) is 0 Å². The van der Waals surface area contributed by atoms with Crippen molar-refractivity contribution in [2.75, 3.05) is 83.0 Å². The minimum absolute atomic E-state index is 0.0937. The summed E-state index contributed by atoms with van der Waals surface area (Å²) in [6.07, 6.45) is -0.374. The van der Waals surface area contributed by atoms with Gasteiger partial charge in [0.1, 0.15) is 36.2 Å². The van der Waals surface area contributed by atoms with Gasteiger partial charge in [-0.3, -0.25) is 14.6 Å². The summed E-state index contributed by atoms with van der Waals surface area (Å²) in [5.74, 6) is 1.59. The van der Waals surface area contributed by atoms with Crippen LogP contribution in [-0.4, -0.2) is 138 Å². The highest BCUT2D eigenvalue weighted by Gasteiger charge is 2.36. The number of halogens is 1. The van der Waals surface area contributed by atoms with E-state index in [0.717, 1.165) is 56.5 Å². The van der Waals surface area contributed by atoms with Gasteiger partial charge in [0.25, 0.3) is 0 Å². The molecular formula is C33H39FN8O6. The highest BCUT2D eigenvalue weighted by Crippen LogP contribution is 2.34. The molecule has 3 saturated heterocycles. The van der Waals surface area contributed by atoms with Crippen LogP contribution >= 0.6 is 0 Å². The average molecular weight is 663 g/mol. The van der Waals surface area contributed by atoms with Gasteiger partial charge in [-0.15, -0.1) is 0 Å². The predicted octanol–water partition coefficient (Wildman–Crippen LogP) is 1.40. The van der Waals surface area contributed by atoms with E-state index >= 15 is 4.39 Å². The second-order valence-electron chi connectivity index (χ2n) is 12.3. The van der Waals surface area contributed by atoms with Crippen molar-refractivity contribution in [1.29, 1.82) is 5.26 Å². The first-order chi connectivity index (χ1) is 23.3. The van der Waals surface area contributed by atoms with Gasteiger partial charge in [-0.25, -0.2) is 14.4 Å². The Bertz CT molecular complexity index is 1630. The van der Waals surface area contributed by atoms with Crippen molar-refractivity contribution in [2.45, 2.75) is 30.3 Å². The van der Waals surface area contributed by atoms with Crippen molar-refractivity contribution in [3.05, 3.63) is 48.3 Å². The molecule has 3 fully saturated rings. The number of carbonyl (C=O) groups excluding carboxylic acids is 1. The highest BCUT2D eigenvalue weighted by atomic mass is 19.1. The molecule has 254 valence electrons. The maximum Gasteiger partial charge on any atom is 0.230 e. The van der Waals surface area contributed by atoms with Crippen molar-refractivity contribution in [3.8, 4) is 29.0 Å². The lowest BCUT2D eigenvalue weighted by Gasteiger charge is -2.43. The van der Waals surface area contributed by atoms with Gasteiger partial charge in [0.05, 0.1) is 44.2 Å². The van der Waals surface area contributed by atoms with Gasteiger partial charge in [0.15, 0.2) is 17.7 Å². The maximum absolute atomic E-state index is 15.1. The van der Waals surface area contributed by atoms with Gasteiger partial charge in [-0.2, -0.15) is 10.2 Å². The number of anilines is 3. The molecule has 15 heteroatoms. The van der Waals surface area contributed by atoms with Gasteiger partial charge >= 0.3 is 0 Å². The SMILES string of the molecule is COc1cc(Nc2ncnc(-c3ccc(O[C@H]4CCN(C[C@@](O)(C=O)CO)C[C@H]4F)c(C#N)c3)n2)ccc1N1CCN(C2COC2)CC1. The topological polar surface area (TPSA) is 169 Å². The largest absolute Gasteiger partial charge is 0.495 e. The Morgan fingerprint density at radius 3 is 2.62 bits per heavy atom. The number of ether oxygens (including phenoxy) is 3. The third kappa shape index (κ3) is 7.48. The summed E-state index contributed by atoms with van der Waals surface area (Å²) in [6.45, 7) is 4.69. The molecule has 3 atom stereocenters. The lowest BCUT2D eigenvalue weighted by atomic mass is 10.0. The molecule has 0 bridgehead atoms. The molecule has 4 heterocycles. The highest BCUT2D eigenvalue weighted by molar-refractivity contribution is 5.68. The first-order valence-electron chi connectivity index (χ1n) is 15.9. The van der Waals surface area contributed by atoms with Crippen LogP contribution < -0.4 is 19.7 Å². The summed E-state index contributed by atoms with van der Waals surface area (Å²) in [5, 5.41) is 32.4. The molecule has 3 aliphatic rings. The van der Waals surface area contributed by atoms with Crippen molar-refractivity contribution in [3.63, 3.8) is 0 Å². The number of piperidine rings is 1. The molecule has 3 N–H and O–H groups in total. The molecule has 6 rings (SSSR count). The van der Waals surface area contributed by atoms with Crippen LogP contribution in [0, 0.1) is 11.3 Å². The number of alkyl halides is 1. The minimum Gasteiger partial charge on any atom is -0.495 e. The summed E-state index contributed by atoms with van der Waals surface area (Å²) in [6, 6.07) is 13.4. The van der Waals surface area contributed by atoms with E-state index in [2.05, 4.69) is 36.1 Å². The van der Waals surface area contributed by atoms with Gasteiger partial charge < -0.3 is 34.6 Å². The molecule has 0 aliphatic carbocycles. The Balaban J connectivity index is 1.09. The van der Waals surface area contributed by atoms with E-state index in [1.807, 2.05) is 18.2 Å². The third-order valence-electron chi connectivity index (χ3n) is 8.99. The van der Waals surface area contributed by atoms with Crippen LogP contribution in [0.15, 0.2) is 42.7 Å². The zero-order valence-electron chi connectivity index (χ0n) is 26.7. The number of benzene rings is 2. The van der Waals surface area contributed by atoms with Crippen molar-refractivity contribution >= 4 is 23.6 Å². The van der Waals surface area contributed by atoms with Crippen molar-refractivity contribution in [1.82, 2.24) is 24.8 Å². The maximum atomic E-state index is 15.1. The summed E-state index contributed by atoms with van der Waals surface area (Å²) < 4.78 is 32.1. The predicted molar refractivity (Wildman–Crippen MR) is 173 cm³/mol. The van der Waals surface area contributed by atoms with E-state index in [1.165, 1.54) is 6.33 Å². The van der Waals surface area contributed by atoms with E-state index in [-0.39, 0.29) is 37.1 Å². The molecular weight excluding hydrogens is 623 g/mol. The summed E-state index contributed by atoms with van der Waals surface area (Å²) in [4.78, 5) is 30.6. The number of likely N-dealkylation sites (tertiary alicyclic amines) is 1.